The van der Waals surface area contributed by atoms with E-state index in [0.29, 0.717) is 12.2 Å². The van der Waals surface area contributed by atoms with Crippen LogP contribution in [-0.2, 0) is 14.6 Å². The Morgan fingerprint density at radius 1 is 1.00 bits per heavy atom. The summed E-state index contributed by atoms with van der Waals surface area (Å²) in [7, 11) is -3.83. The van der Waals surface area contributed by atoms with E-state index in [9.17, 15) is 18.0 Å². The minimum Gasteiger partial charge on any atom is -0.352 e. The minimum absolute atomic E-state index is 0.0240. The smallest absolute Gasteiger partial charge is 0.251 e. The van der Waals surface area contributed by atoms with Gasteiger partial charge in [0, 0.05) is 36.3 Å². The molecule has 2 aromatic carbocycles. The van der Waals surface area contributed by atoms with Crippen LogP contribution in [0.15, 0.2) is 88.9 Å². The number of rotatable bonds is 8. The van der Waals surface area contributed by atoms with E-state index in [1.54, 1.807) is 36.7 Å². The molecule has 0 aliphatic heterocycles. The Balaban J connectivity index is 1.71. The first kappa shape index (κ1) is 23.9. The fraction of sp³-hybridized carbons (Fsp3) is 0.160. The quantitative estimate of drug-likeness (QED) is 0.492. The number of anilines is 1. The van der Waals surface area contributed by atoms with E-state index in [-0.39, 0.29) is 33.1 Å². The van der Waals surface area contributed by atoms with Crippen molar-refractivity contribution in [3.8, 4) is 0 Å². The molecule has 0 spiro atoms. The molecule has 170 valence electrons. The van der Waals surface area contributed by atoms with Crippen molar-refractivity contribution in [3.63, 3.8) is 0 Å². The van der Waals surface area contributed by atoms with Gasteiger partial charge in [0.2, 0.25) is 15.7 Å². The molecule has 1 aromatic heterocycles. The monoisotopic (exact) mass is 463 g/mol. The van der Waals surface area contributed by atoms with Crippen LogP contribution in [0.1, 0.15) is 29.8 Å². The minimum atomic E-state index is -3.83. The van der Waals surface area contributed by atoms with E-state index in [1.165, 1.54) is 42.5 Å². The lowest BCUT2D eigenvalue weighted by atomic mass is 10.2. The highest BCUT2D eigenvalue weighted by Gasteiger charge is 2.19. The molecule has 3 aromatic rings. The lowest BCUT2D eigenvalue weighted by molar-refractivity contribution is -0.111. The largest absolute Gasteiger partial charge is 0.352 e. The van der Waals surface area contributed by atoms with Gasteiger partial charge in [-0.1, -0.05) is 26.0 Å². The predicted molar refractivity (Wildman–Crippen MR) is 127 cm³/mol. The number of hydrogen-bond acceptors (Lipinski definition) is 5. The Kier molecular flexibility index (Phi) is 7.74. The molecule has 3 rings (SSSR count). The summed E-state index contributed by atoms with van der Waals surface area (Å²) in [6, 6.07) is 15.4. The van der Waals surface area contributed by atoms with Crippen LogP contribution < -0.4 is 10.6 Å². The molecule has 1 heterocycles. The number of aromatic nitrogens is 1. The second-order valence-corrected chi connectivity index (χ2v) is 9.72. The van der Waals surface area contributed by atoms with Crippen LogP contribution in [0, 0.1) is 5.92 Å². The molecule has 2 N–H and O–H groups in total. The van der Waals surface area contributed by atoms with Gasteiger partial charge in [-0.05, 0) is 66.1 Å². The normalized spacial score (nSPS) is 11.5. The molecule has 0 atom stereocenters. The van der Waals surface area contributed by atoms with Crippen LogP contribution in [0.25, 0.3) is 6.08 Å². The molecule has 0 aliphatic carbocycles. The number of sulfone groups is 1. The summed E-state index contributed by atoms with van der Waals surface area (Å²) in [6.07, 6.45) is 6.28. The van der Waals surface area contributed by atoms with Gasteiger partial charge in [-0.2, -0.15) is 0 Å². The van der Waals surface area contributed by atoms with Gasteiger partial charge in [-0.15, -0.1) is 0 Å². The lowest BCUT2D eigenvalue weighted by Crippen LogP contribution is -2.27. The molecule has 0 saturated heterocycles. The van der Waals surface area contributed by atoms with Crippen molar-refractivity contribution in [2.24, 2.45) is 5.92 Å². The van der Waals surface area contributed by atoms with Gasteiger partial charge in [0.25, 0.3) is 5.91 Å². The van der Waals surface area contributed by atoms with Crippen LogP contribution in [0.3, 0.4) is 0 Å². The summed E-state index contributed by atoms with van der Waals surface area (Å²) in [5.41, 5.74) is 1.52. The highest BCUT2D eigenvalue weighted by atomic mass is 32.2. The molecule has 8 heteroatoms. The predicted octanol–water partition coefficient (Wildman–Crippen LogP) is 3.95. The summed E-state index contributed by atoms with van der Waals surface area (Å²) in [6.45, 7) is 4.45. The van der Waals surface area contributed by atoms with Crippen molar-refractivity contribution in [3.05, 3.63) is 90.3 Å². The number of benzene rings is 2. The summed E-state index contributed by atoms with van der Waals surface area (Å²) in [5, 5.41) is 5.46. The molecule has 33 heavy (non-hydrogen) atoms. The number of amides is 2. The fourth-order valence-electron chi connectivity index (χ4n) is 2.89. The maximum atomic E-state index is 13.0. The zero-order valence-corrected chi connectivity index (χ0v) is 19.2. The van der Waals surface area contributed by atoms with Crippen LogP contribution in [0.4, 0.5) is 5.69 Å². The van der Waals surface area contributed by atoms with Crippen molar-refractivity contribution in [2.45, 2.75) is 23.6 Å². The first-order valence-electron chi connectivity index (χ1n) is 10.4. The van der Waals surface area contributed by atoms with Crippen molar-refractivity contribution < 1.29 is 18.0 Å². The van der Waals surface area contributed by atoms with Gasteiger partial charge < -0.3 is 10.6 Å². The Morgan fingerprint density at radius 2 is 1.76 bits per heavy atom. The van der Waals surface area contributed by atoms with Crippen molar-refractivity contribution in [2.75, 3.05) is 11.9 Å². The number of nitrogens with zero attached hydrogens (tertiary/aromatic N) is 1. The van der Waals surface area contributed by atoms with Crippen molar-refractivity contribution in [1.82, 2.24) is 10.3 Å². The highest BCUT2D eigenvalue weighted by Crippen LogP contribution is 2.23. The average molecular weight is 464 g/mol. The van der Waals surface area contributed by atoms with E-state index in [1.807, 2.05) is 19.9 Å². The number of nitrogens with one attached hydrogen (secondary N) is 2. The van der Waals surface area contributed by atoms with Gasteiger partial charge >= 0.3 is 0 Å². The third-order valence-electron chi connectivity index (χ3n) is 4.62. The third kappa shape index (κ3) is 6.60. The number of pyridine rings is 1. The average Bonchev–Trinajstić information content (AvgIpc) is 2.82. The maximum absolute atomic E-state index is 13.0. The lowest BCUT2D eigenvalue weighted by Gasteiger charge is -2.10. The molecule has 0 fully saturated rings. The van der Waals surface area contributed by atoms with Crippen LogP contribution in [0.5, 0.6) is 0 Å². The molecule has 7 nitrogen and oxygen atoms in total. The number of hydrogen-bond donors (Lipinski definition) is 2. The van der Waals surface area contributed by atoms with E-state index in [2.05, 4.69) is 15.6 Å². The third-order valence-corrected chi connectivity index (χ3v) is 6.39. The molecular weight excluding hydrogens is 438 g/mol. The Bertz CT molecular complexity index is 1250. The molecule has 0 radical (unpaired) electrons. The Morgan fingerprint density at radius 3 is 2.42 bits per heavy atom. The van der Waals surface area contributed by atoms with Gasteiger partial charge in [0.1, 0.15) is 0 Å². The summed E-state index contributed by atoms with van der Waals surface area (Å²) >= 11 is 0. The van der Waals surface area contributed by atoms with Gasteiger partial charge in [0.05, 0.1) is 9.79 Å². The van der Waals surface area contributed by atoms with E-state index >= 15 is 0 Å². The first-order chi connectivity index (χ1) is 15.8. The van der Waals surface area contributed by atoms with Crippen molar-refractivity contribution in [1.29, 1.82) is 0 Å². The SMILES string of the molecule is CC(C)CNC(=O)c1cccc(S(=O)(=O)c2ccc(NC(=O)C=Cc3cccnc3)cc2)c1. The zero-order chi connectivity index (χ0) is 23.8. The second-order valence-electron chi connectivity index (χ2n) is 7.77. The van der Waals surface area contributed by atoms with Crippen molar-refractivity contribution >= 4 is 33.4 Å². The standard InChI is InChI=1S/C25H25N3O4S/c1-18(2)16-27-25(30)20-6-3-7-23(15-20)33(31,32)22-11-9-21(10-12-22)28-24(29)13-8-19-5-4-14-26-17-19/h3-15,17-18H,16H2,1-2H3,(H,27,30)(H,28,29). The van der Waals surface area contributed by atoms with Gasteiger partial charge in [0.15, 0.2) is 0 Å². The number of carbonyl (C=O) groups excluding carboxylic acids is 2. The molecule has 0 saturated carbocycles. The van der Waals surface area contributed by atoms with Crippen LogP contribution in [-0.4, -0.2) is 31.8 Å². The van der Waals surface area contributed by atoms with Crippen LogP contribution in [0.2, 0.25) is 0 Å². The zero-order valence-electron chi connectivity index (χ0n) is 18.4. The Hall–Kier alpha value is -3.78. The Labute approximate surface area is 193 Å². The molecule has 2 amide bonds. The highest BCUT2D eigenvalue weighted by molar-refractivity contribution is 7.91. The molecule has 0 bridgehead atoms. The molecular formula is C25H25N3O4S. The fourth-order valence-corrected chi connectivity index (χ4v) is 4.19. The second kappa shape index (κ2) is 10.7. The summed E-state index contributed by atoms with van der Waals surface area (Å²) in [5.74, 6) is -0.390. The number of carbonyl (C=O) groups is 2. The molecule has 0 aliphatic rings. The topological polar surface area (TPSA) is 105 Å². The van der Waals surface area contributed by atoms with E-state index < -0.39 is 9.84 Å². The van der Waals surface area contributed by atoms with Gasteiger partial charge in [-0.3, -0.25) is 14.6 Å². The van der Waals surface area contributed by atoms with Crippen LogP contribution >= 0.6 is 0 Å². The van der Waals surface area contributed by atoms with Gasteiger partial charge in [-0.25, -0.2) is 8.42 Å². The summed E-state index contributed by atoms with van der Waals surface area (Å²) < 4.78 is 26.1. The first-order valence-corrected chi connectivity index (χ1v) is 11.9. The maximum Gasteiger partial charge on any atom is 0.251 e. The van der Waals surface area contributed by atoms with E-state index in [4.69, 9.17) is 0 Å². The summed E-state index contributed by atoms with van der Waals surface area (Å²) in [4.78, 5) is 28.5. The van der Waals surface area contributed by atoms with E-state index in [0.717, 1.165) is 5.56 Å². The molecule has 0 unspecified atom stereocenters.